The van der Waals surface area contributed by atoms with Crippen molar-refractivity contribution in [3.05, 3.63) is 12.2 Å². The lowest BCUT2D eigenvalue weighted by atomic mass is 9.94. The van der Waals surface area contributed by atoms with Crippen molar-refractivity contribution in [2.24, 2.45) is 0 Å². The highest BCUT2D eigenvalue weighted by atomic mass is 32.3. The second-order valence-corrected chi connectivity index (χ2v) is 9.85. The highest BCUT2D eigenvalue weighted by Gasteiger charge is 2.29. The van der Waals surface area contributed by atoms with Crippen molar-refractivity contribution in [1.82, 2.24) is 0 Å². The lowest BCUT2D eigenvalue weighted by molar-refractivity contribution is 0.0432. The number of unbranched alkanes of at least 4 members (excludes halogenated alkanes) is 14. The molecule has 0 saturated carbocycles. The van der Waals surface area contributed by atoms with E-state index in [1.165, 1.54) is 83.5 Å². The maximum atomic E-state index is 11.0. The molecule has 0 bridgehead atoms. The molecule has 0 aliphatic heterocycles. The number of hydrogen-bond donors (Lipinski definition) is 2. The minimum atomic E-state index is -4.49. The van der Waals surface area contributed by atoms with Crippen LogP contribution in [0.2, 0.25) is 0 Å². The fraction of sp³-hybridized carbons (Fsp3) is 0.917. The summed E-state index contributed by atoms with van der Waals surface area (Å²) in [7, 11) is -4.49. The Morgan fingerprint density at radius 3 is 1.60 bits per heavy atom. The third-order valence-electron chi connectivity index (χ3n) is 5.66. The maximum absolute atomic E-state index is 11.0. The molecule has 0 aromatic heterocycles. The van der Waals surface area contributed by atoms with Gasteiger partial charge in [-0.25, -0.2) is 4.18 Å². The molecule has 180 valence electrons. The van der Waals surface area contributed by atoms with Crippen LogP contribution in [0.1, 0.15) is 129 Å². The zero-order valence-corrected chi connectivity index (χ0v) is 20.4. The SMILES string of the molecule is CCCCCCCC/C=C\CCCCCCCCCCC(C)(CCO)OS(=O)(=O)O. The van der Waals surface area contributed by atoms with Crippen LogP contribution in [0.5, 0.6) is 0 Å². The molecule has 0 aliphatic carbocycles. The summed E-state index contributed by atoms with van der Waals surface area (Å²) >= 11 is 0. The van der Waals surface area contributed by atoms with Crippen LogP contribution in [-0.2, 0) is 14.6 Å². The number of aliphatic hydroxyl groups excluding tert-OH is 1. The van der Waals surface area contributed by atoms with Crippen LogP contribution in [0, 0.1) is 0 Å². The summed E-state index contributed by atoms with van der Waals surface area (Å²) in [5, 5.41) is 9.09. The fourth-order valence-corrected chi connectivity index (χ4v) is 4.47. The Balaban J connectivity index is 3.50. The van der Waals surface area contributed by atoms with Crippen LogP contribution in [0.25, 0.3) is 0 Å². The normalized spacial score (nSPS) is 14.4. The van der Waals surface area contributed by atoms with Crippen LogP contribution < -0.4 is 0 Å². The van der Waals surface area contributed by atoms with Crippen molar-refractivity contribution >= 4 is 10.4 Å². The van der Waals surface area contributed by atoms with Crippen molar-refractivity contribution in [3.63, 3.8) is 0 Å². The molecule has 0 spiro atoms. The third kappa shape index (κ3) is 20.8. The van der Waals surface area contributed by atoms with Crippen molar-refractivity contribution in [2.45, 2.75) is 135 Å². The van der Waals surface area contributed by atoms with E-state index in [2.05, 4.69) is 19.1 Å². The number of aliphatic hydroxyl groups is 1. The largest absolute Gasteiger partial charge is 0.397 e. The molecular weight excluding hydrogens is 400 g/mol. The van der Waals surface area contributed by atoms with Crippen LogP contribution in [0.15, 0.2) is 12.2 Å². The van der Waals surface area contributed by atoms with E-state index in [1.54, 1.807) is 6.92 Å². The van der Waals surface area contributed by atoms with E-state index < -0.39 is 16.0 Å². The summed E-state index contributed by atoms with van der Waals surface area (Å²) < 4.78 is 35.6. The number of allylic oxidation sites excluding steroid dienone is 2. The molecule has 0 aliphatic rings. The molecule has 0 rings (SSSR count). The minimum Gasteiger partial charge on any atom is -0.396 e. The van der Waals surface area contributed by atoms with Crippen LogP contribution in [0.4, 0.5) is 0 Å². The first-order chi connectivity index (χ1) is 14.3. The van der Waals surface area contributed by atoms with Crippen molar-refractivity contribution < 1.29 is 22.3 Å². The smallest absolute Gasteiger partial charge is 0.396 e. The summed E-state index contributed by atoms with van der Waals surface area (Å²) in [6.45, 7) is 3.72. The Kier molecular flexibility index (Phi) is 19.0. The van der Waals surface area contributed by atoms with Gasteiger partial charge in [0.15, 0.2) is 0 Å². The van der Waals surface area contributed by atoms with E-state index in [0.717, 1.165) is 19.3 Å². The molecule has 0 aromatic carbocycles. The van der Waals surface area contributed by atoms with E-state index in [0.29, 0.717) is 6.42 Å². The Bertz CT molecular complexity index is 504. The molecule has 0 amide bonds. The molecule has 2 N–H and O–H groups in total. The molecular formula is C24H48O5S. The second kappa shape index (κ2) is 19.3. The first kappa shape index (κ1) is 29.6. The van der Waals surface area contributed by atoms with Gasteiger partial charge >= 0.3 is 10.4 Å². The van der Waals surface area contributed by atoms with Gasteiger partial charge in [0, 0.05) is 13.0 Å². The highest BCUT2D eigenvalue weighted by molar-refractivity contribution is 7.80. The zero-order chi connectivity index (χ0) is 22.6. The first-order valence-corrected chi connectivity index (χ1v) is 13.6. The average Bonchev–Trinajstić information content (AvgIpc) is 2.65. The summed E-state index contributed by atoms with van der Waals surface area (Å²) in [4.78, 5) is 0. The molecule has 0 heterocycles. The predicted molar refractivity (Wildman–Crippen MR) is 126 cm³/mol. The van der Waals surface area contributed by atoms with Gasteiger partial charge in [-0.1, -0.05) is 96.1 Å². The lowest BCUT2D eigenvalue weighted by Crippen LogP contribution is -2.32. The van der Waals surface area contributed by atoms with Gasteiger partial charge in [-0.2, -0.15) is 8.42 Å². The molecule has 30 heavy (non-hydrogen) atoms. The summed E-state index contributed by atoms with van der Waals surface area (Å²) in [5.74, 6) is 0. The Hall–Kier alpha value is -0.430. The third-order valence-corrected chi connectivity index (χ3v) is 6.28. The topological polar surface area (TPSA) is 83.8 Å². The van der Waals surface area contributed by atoms with E-state index in [-0.39, 0.29) is 13.0 Å². The second-order valence-electron chi connectivity index (χ2n) is 8.83. The van der Waals surface area contributed by atoms with Crippen LogP contribution >= 0.6 is 0 Å². The van der Waals surface area contributed by atoms with Crippen molar-refractivity contribution in [2.75, 3.05) is 6.61 Å². The van der Waals surface area contributed by atoms with Gasteiger partial charge in [0.1, 0.15) is 0 Å². The molecule has 0 fully saturated rings. The zero-order valence-electron chi connectivity index (χ0n) is 19.6. The predicted octanol–water partition coefficient (Wildman–Crippen LogP) is 7.15. The molecule has 0 radical (unpaired) electrons. The molecule has 1 unspecified atom stereocenters. The van der Waals surface area contributed by atoms with E-state index in [9.17, 15) is 8.42 Å². The maximum Gasteiger partial charge on any atom is 0.397 e. The number of rotatable bonds is 22. The summed E-state index contributed by atoms with van der Waals surface area (Å²) in [5.41, 5.74) is -1.02. The molecule has 0 saturated heterocycles. The average molecular weight is 449 g/mol. The van der Waals surface area contributed by atoms with Gasteiger partial charge < -0.3 is 5.11 Å². The highest BCUT2D eigenvalue weighted by Crippen LogP contribution is 2.25. The summed E-state index contributed by atoms with van der Waals surface area (Å²) in [6.07, 6.45) is 25.3. The van der Waals surface area contributed by atoms with E-state index >= 15 is 0 Å². The van der Waals surface area contributed by atoms with Gasteiger partial charge in [0.2, 0.25) is 0 Å². The van der Waals surface area contributed by atoms with Crippen molar-refractivity contribution in [1.29, 1.82) is 0 Å². The minimum absolute atomic E-state index is 0.166. The molecule has 0 aromatic rings. The van der Waals surface area contributed by atoms with Gasteiger partial charge in [-0.15, -0.1) is 0 Å². The van der Waals surface area contributed by atoms with Gasteiger partial charge in [0.05, 0.1) is 5.60 Å². The Labute approximate surface area is 186 Å². The fourth-order valence-electron chi connectivity index (χ4n) is 3.80. The van der Waals surface area contributed by atoms with Crippen molar-refractivity contribution in [3.8, 4) is 0 Å². The number of hydrogen-bond acceptors (Lipinski definition) is 4. The monoisotopic (exact) mass is 448 g/mol. The van der Waals surface area contributed by atoms with Crippen LogP contribution in [0.3, 0.4) is 0 Å². The Morgan fingerprint density at radius 2 is 1.17 bits per heavy atom. The molecule has 1 atom stereocenters. The summed E-state index contributed by atoms with van der Waals surface area (Å²) in [6, 6.07) is 0. The van der Waals surface area contributed by atoms with Gasteiger partial charge in [-0.05, 0) is 39.0 Å². The van der Waals surface area contributed by atoms with E-state index in [1.807, 2.05) is 0 Å². The lowest BCUT2D eigenvalue weighted by Gasteiger charge is -2.26. The standard InChI is InChI=1S/C24H48O5S/c1-3-4-5-6-7-8-9-10-11-12-13-14-15-16-17-18-19-20-21-24(2,22-23-25)29-30(26,27)28/h10-11,25H,3-9,12-23H2,1-2H3,(H,26,27,28)/b11-10-. The molecule has 5 nitrogen and oxygen atoms in total. The van der Waals surface area contributed by atoms with Crippen LogP contribution in [-0.4, -0.2) is 30.3 Å². The van der Waals surface area contributed by atoms with Gasteiger partial charge in [-0.3, -0.25) is 4.55 Å². The quantitative estimate of drug-likeness (QED) is 0.104. The van der Waals surface area contributed by atoms with E-state index in [4.69, 9.17) is 13.8 Å². The van der Waals surface area contributed by atoms with Gasteiger partial charge in [0.25, 0.3) is 0 Å². The first-order valence-electron chi connectivity index (χ1n) is 12.3. The Morgan fingerprint density at radius 1 is 0.733 bits per heavy atom. The molecule has 6 heteroatoms.